The zero-order valence-corrected chi connectivity index (χ0v) is 17.8. The lowest BCUT2D eigenvalue weighted by molar-refractivity contribution is -0.394. The third-order valence-electron chi connectivity index (χ3n) is 4.95. The van der Waals surface area contributed by atoms with Crippen molar-refractivity contribution in [2.45, 2.75) is 0 Å². The zero-order chi connectivity index (χ0) is 26.0. The van der Waals surface area contributed by atoms with Gasteiger partial charge in [-0.25, -0.2) is 0 Å². The number of non-ortho nitro benzene ring substituents is 2. The van der Waals surface area contributed by atoms with Crippen molar-refractivity contribution < 1.29 is 29.2 Å². The van der Waals surface area contributed by atoms with E-state index >= 15 is 0 Å². The Bertz CT molecular complexity index is 1450. The smallest absolute Gasteiger partial charge is 0.318 e. The van der Waals surface area contributed by atoms with Crippen LogP contribution in [0.2, 0.25) is 0 Å². The van der Waals surface area contributed by atoms with Gasteiger partial charge in [0.25, 0.3) is 11.4 Å². The Morgan fingerprint density at radius 2 is 0.861 bits per heavy atom. The molecule has 0 radical (unpaired) electrons. The number of nitrogens with zero attached hydrogens (tertiary/aromatic N) is 4. The summed E-state index contributed by atoms with van der Waals surface area (Å²) in [6, 6.07) is 15.4. The quantitative estimate of drug-likeness (QED) is 0.206. The van der Waals surface area contributed by atoms with E-state index in [2.05, 4.69) is 0 Å². The molecule has 180 valence electrons. The molecule has 0 amide bonds. The van der Waals surface area contributed by atoms with Crippen molar-refractivity contribution in [2.75, 3.05) is 0 Å². The molecule has 0 aliphatic heterocycles. The maximum absolute atomic E-state index is 11.5. The highest BCUT2D eigenvalue weighted by molar-refractivity contribution is 5.86. The van der Waals surface area contributed by atoms with Crippen LogP contribution in [0.25, 0.3) is 10.8 Å². The van der Waals surface area contributed by atoms with Gasteiger partial charge in [0.05, 0.1) is 31.8 Å². The topological polar surface area (TPSA) is 191 Å². The van der Waals surface area contributed by atoms with Crippen LogP contribution in [0.5, 0.6) is 23.0 Å². The van der Waals surface area contributed by atoms with E-state index in [1.165, 1.54) is 12.1 Å². The molecule has 0 heterocycles. The molecule has 0 saturated heterocycles. The van der Waals surface area contributed by atoms with Crippen LogP contribution in [0.1, 0.15) is 0 Å². The highest BCUT2D eigenvalue weighted by atomic mass is 16.6. The molecule has 0 N–H and O–H groups in total. The number of nitro benzene ring substituents is 4. The van der Waals surface area contributed by atoms with Crippen LogP contribution in [0.3, 0.4) is 0 Å². The van der Waals surface area contributed by atoms with E-state index in [-0.39, 0.29) is 23.0 Å². The molecular weight excluding hydrogens is 480 g/mol. The van der Waals surface area contributed by atoms with Crippen molar-refractivity contribution in [3.05, 3.63) is 113 Å². The summed E-state index contributed by atoms with van der Waals surface area (Å²) in [4.78, 5) is 41.8. The third-order valence-corrected chi connectivity index (χ3v) is 4.95. The van der Waals surface area contributed by atoms with Crippen molar-refractivity contribution in [1.82, 2.24) is 0 Å². The maximum Gasteiger partial charge on any atom is 0.318 e. The van der Waals surface area contributed by atoms with Gasteiger partial charge in [0.2, 0.25) is 11.5 Å². The highest BCUT2D eigenvalue weighted by Crippen LogP contribution is 2.43. The fraction of sp³-hybridized carbons (Fsp3) is 0. The monoisotopic (exact) mass is 492 g/mol. The van der Waals surface area contributed by atoms with Crippen LogP contribution >= 0.6 is 0 Å². The molecule has 0 bridgehead atoms. The Morgan fingerprint density at radius 3 is 1.19 bits per heavy atom. The molecule has 0 atom stereocenters. The average Bonchev–Trinajstić information content (AvgIpc) is 2.84. The highest BCUT2D eigenvalue weighted by Gasteiger charge is 2.25. The number of rotatable bonds is 8. The summed E-state index contributed by atoms with van der Waals surface area (Å²) in [5.74, 6) is -0.885. The molecule has 4 aromatic rings. The summed E-state index contributed by atoms with van der Waals surface area (Å²) in [7, 11) is 0. The number of fused-ring (bicyclic) bond motifs is 1. The van der Waals surface area contributed by atoms with E-state index in [0.29, 0.717) is 10.8 Å². The number of hydrogen-bond donors (Lipinski definition) is 0. The van der Waals surface area contributed by atoms with E-state index < -0.39 is 42.4 Å². The van der Waals surface area contributed by atoms with E-state index in [0.717, 1.165) is 36.4 Å². The van der Waals surface area contributed by atoms with Crippen LogP contribution in [0.4, 0.5) is 22.7 Å². The second-order valence-electron chi connectivity index (χ2n) is 7.18. The summed E-state index contributed by atoms with van der Waals surface area (Å²) in [5, 5.41) is 46.4. The van der Waals surface area contributed by atoms with Gasteiger partial charge in [0.1, 0.15) is 0 Å². The maximum atomic E-state index is 11.5. The van der Waals surface area contributed by atoms with Crippen molar-refractivity contribution in [3.8, 4) is 23.0 Å². The minimum atomic E-state index is -0.856. The molecule has 0 saturated carbocycles. The minimum absolute atomic E-state index is 0.0988. The number of hydrogen-bond acceptors (Lipinski definition) is 10. The molecule has 4 rings (SSSR count). The van der Waals surface area contributed by atoms with Crippen LogP contribution < -0.4 is 9.47 Å². The van der Waals surface area contributed by atoms with Gasteiger partial charge < -0.3 is 9.47 Å². The summed E-state index contributed by atoms with van der Waals surface area (Å²) in [5.41, 5.74) is -2.43. The summed E-state index contributed by atoms with van der Waals surface area (Å²) in [6.07, 6.45) is 0. The molecule has 0 aromatic heterocycles. The van der Waals surface area contributed by atoms with E-state index in [4.69, 9.17) is 9.47 Å². The van der Waals surface area contributed by atoms with Crippen molar-refractivity contribution in [1.29, 1.82) is 0 Å². The Morgan fingerprint density at radius 1 is 0.472 bits per heavy atom. The molecule has 36 heavy (non-hydrogen) atoms. The predicted octanol–water partition coefficient (Wildman–Crippen LogP) is 6.06. The van der Waals surface area contributed by atoms with Gasteiger partial charge in [-0.15, -0.1) is 0 Å². The third kappa shape index (κ3) is 4.67. The van der Waals surface area contributed by atoms with E-state index in [1.807, 2.05) is 0 Å². The lowest BCUT2D eigenvalue weighted by Crippen LogP contribution is -1.99. The van der Waals surface area contributed by atoms with Crippen LogP contribution in [-0.4, -0.2) is 19.7 Å². The standard InChI is InChI=1S/C22H12N4O10/c27-23(28)15-5-7-19(17(11-15)25(31)32)35-21-9-13-3-1-2-4-14(13)10-22(21)36-20-8-6-16(24(29)30)12-18(20)26(33)34/h1-12H. The van der Waals surface area contributed by atoms with Gasteiger partial charge in [0.15, 0.2) is 11.5 Å². The summed E-state index contributed by atoms with van der Waals surface area (Å²) < 4.78 is 11.4. The van der Waals surface area contributed by atoms with Gasteiger partial charge in [-0.2, -0.15) is 0 Å². The first-order chi connectivity index (χ1) is 17.1. The molecule has 4 aromatic carbocycles. The largest absolute Gasteiger partial charge is 0.446 e. The second kappa shape index (κ2) is 9.30. The molecule has 0 aliphatic carbocycles. The first-order valence-corrected chi connectivity index (χ1v) is 9.88. The van der Waals surface area contributed by atoms with Crippen molar-refractivity contribution in [2.24, 2.45) is 0 Å². The number of benzene rings is 4. The first kappa shape index (κ1) is 23.5. The molecular formula is C22H12N4O10. The fourth-order valence-corrected chi connectivity index (χ4v) is 3.29. The normalized spacial score (nSPS) is 10.6. The van der Waals surface area contributed by atoms with Crippen LogP contribution in [-0.2, 0) is 0 Å². The summed E-state index contributed by atoms with van der Waals surface area (Å²) >= 11 is 0. The van der Waals surface area contributed by atoms with Gasteiger partial charge >= 0.3 is 11.4 Å². The SMILES string of the molecule is O=[N+]([O-])c1ccc(Oc2cc3ccccc3cc2Oc2ccc([N+](=O)[O-])cc2[N+](=O)[O-])c([N+](=O)[O-])c1. The fourth-order valence-electron chi connectivity index (χ4n) is 3.29. The zero-order valence-electron chi connectivity index (χ0n) is 17.8. The van der Waals surface area contributed by atoms with Crippen LogP contribution in [0, 0.1) is 40.5 Å². The van der Waals surface area contributed by atoms with Gasteiger partial charge in [-0.05, 0) is 35.0 Å². The van der Waals surface area contributed by atoms with Gasteiger partial charge in [0, 0.05) is 12.1 Å². The molecule has 0 aliphatic rings. The summed E-state index contributed by atoms with van der Waals surface area (Å²) in [6.45, 7) is 0. The molecule has 0 fully saturated rings. The Hall–Kier alpha value is -5.66. The lowest BCUT2D eigenvalue weighted by atomic mass is 10.1. The molecule has 0 spiro atoms. The molecule has 0 unspecified atom stereocenters. The average molecular weight is 492 g/mol. The van der Waals surface area contributed by atoms with Gasteiger partial charge in [-0.1, -0.05) is 24.3 Å². The Kier molecular flexibility index (Phi) is 6.07. The van der Waals surface area contributed by atoms with Crippen molar-refractivity contribution >= 4 is 33.5 Å². The predicted molar refractivity (Wildman–Crippen MR) is 124 cm³/mol. The Labute approximate surface area is 199 Å². The first-order valence-electron chi connectivity index (χ1n) is 9.88. The minimum Gasteiger partial charge on any atom is -0.446 e. The lowest BCUT2D eigenvalue weighted by Gasteiger charge is -2.14. The van der Waals surface area contributed by atoms with E-state index in [1.54, 1.807) is 24.3 Å². The van der Waals surface area contributed by atoms with Crippen molar-refractivity contribution in [3.63, 3.8) is 0 Å². The van der Waals surface area contributed by atoms with Gasteiger partial charge in [-0.3, -0.25) is 40.5 Å². The van der Waals surface area contributed by atoms with E-state index in [9.17, 15) is 40.5 Å². The van der Waals surface area contributed by atoms with Crippen LogP contribution in [0.15, 0.2) is 72.8 Å². The molecule has 14 nitrogen and oxygen atoms in total. The Balaban J connectivity index is 1.84. The number of nitro groups is 4. The molecule has 14 heteroatoms. The number of ether oxygens (including phenoxy) is 2. The second-order valence-corrected chi connectivity index (χ2v) is 7.18.